The van der Waals surface area contributed by atoms with Gasteiger partial charge in [0.1, 0.15) is 11.5 Å². The van der Waals surface area contributed by atoms with Crippen molar-refractivity contribution in [1.29, 1.82) is 0 Å². The van der Waals surface area contributed by atoms with Crippen molar-refractivity contribution >= 4 is 51.1 Å². The van der Waals surface area contributed by atoms with E-state index in [9.17, 15) is 9.59 Å². The van der Waals surface area contributed by atoms with Gasteiger partial charge in [-0.1, -0.05) is 114 Å². The fourth-order valence-electron chi connectivity index (χ4n) is 6.04. The average molecular weight is 967 g/mol. The van der Waals surface area contributed by atoms with Gasteiger partial charge in [-0.25, -0.2) is 9.59 Å². The van der Waals surface area contributed by atoms with Crippen molar-refractivity contribution in [2.24, 2.45) is 0 Å². The summed E-state index contributed by atoms with van der Waals surface area (Å²) in [6.45, 7) is 8.05. The standard InChI is InChI=1S/C24H27ClN2O4.C18H16BrClN2O.C6H12O3/c1-5-24(2,23(28)30-4)31-16-19-14-22(17-10-8-11-20(13-17)29-3)27(26-19)15-18-9-6-7-12-21(18)25;1-23-16-7-4-6-13(9-16)18-10-15(11-19)21-22(18)12-14-5-2-3-8-17(14)20;1-4-6(2,8)5(7)9-3/h6-14H,5,15-16H2,1-4H3;2-10H,11-12H2,1H3;8H,4H2,1-3H3. The van der Waals surface area contributed by atoms with E-state index in [0.717, 1.165) is 55.9 Å². The third-order valence-corrected chi connectivity index (χ3v) is 11.5. The van der Waals surface area contributed by atoms with Gasteiger partial charge in [-0.05, 0) is 86.3 Å². The summed E-state index contributed by atoms with van der Waals surface area (Å²) >= 11 is 16.1. The molecule has 2 heterocycles. The van der Waals surface area contributed by atoms with Crippen LogP contribution >= 0.6 is 39.1 Å². The van der Waals surface area contributed by atoms with E-state index >= 15 is 0 Å². The van der Waals surface area contributed by atoms with Crippen molar-refractivity contribution in [2.75, 3.05) is 28.4 Å². The number of aliphatic hydroxyl groups is 1. The summed E-state index contributed by atoms with van der Waals surface area (Å²) in [5, 5.41) is 20.7. The Morgan fingerprint density at radius 1 is 0.651 bits per heavy atom. The lowest BCUT2D eigenvalue weighted by Gasteiger charge is -2.24. The number of carbonyl (C=O) groups excluding carboxylic acids is 2. The van der Waals surface area contributed by atoms with Crippen LogP contribution in [-0.4, -0.2) is 76.2 Å². The number of methoxy groups -OCH3 is 4. The number of halogens is 3. The first-order valence-electron chi connectivity index (χ1n) is 20.1. The number of esters is 2. The van der Waals surface area contributed by atoms with Crippen LogP contribution in [0.15, 0.2) is 109 Å². The van der Waals surface area contributed by atoms with Gasteiger partial charge in [0, 0.05) is 26.5 Å². The minimum atomic E-state index is -1.31. The Labute approximate surface area is 388 Å². The van der Waals surface area contributed by atoms with Crippen LogP contribution in [0, 0.1) is 0 Å². The van der Waals surface area contributed by atoms with Gasteiger partial charge in [-0.15, -0.1) is 0 Å². The molecule has 0 aliphatic heterocycles. The Bertz CT molecular complexity index is 2420. The molecule has 6 aromatic rings. The molecule has 2 unspecified atom stereocenters. The first kappa shape index (κ1) is 50.5. The number of ether oxygens (including phenoxy) is 5. The van der Waals surface area contributed by atoms with Gasteiger partial charge in [-0.2, -0.15) is 10.2 Å². The maximum atomic E-state index is 12.1. The highest BCUT2D eigenvalue weighted by atomic mass is 79.9. The lowest BCUT2D eigenvalue weighted by molar-refractivity contribution is -0.169. The predicted octanol–water partition coefficient (Wildman–Crippen LogP) is 10.6. The molecule has 0 aliphatic rings. The molecule has 6 rings (SSSR count). The average Bonchev–Trinajstić information content (AvgIpc) is 3.93. The molecule has 15 heteroatoms. The van der Waals surface area contributed by atoms with Crippen molar-refractivity contribution in [3.63, 3.8) is 0 Å². The van der Waals surface area contributed by atoms with Crippen LogP contribution in [0.25, 0.3) is 22.5 Å². The molecule has 0 aliphatic carbocycles. The van der Waals surface area contributed by atoms with Gasteiger partial charge in [0.25, 0.3) is 0 Å². The minimum Gasteiger partial charge on any atom is -0.497 e. The van der Waals surface area contributed by atoms with E-state index in [1.54, 1.807) is 28.1 Å². The maximum absolute atomic E-state index is 12.1. The molecule has 0 fully saturated rings. The molecular weight excluding hydrogens is 911 g/mol. The summed E-state index contributed by atoms with van der Waals surface area (Å²) in [6, 6.07) is 35.3. The van der Waals surface area contributed by atoms with Crippen LogP contribution in [0.4, 0.5) is 0 Å². The Morgan fingerprint density at radius 3 is 1.51 bits per heavy atom. The molecule has 1 N–H and O–H groups in total. The fraction of sp³-hybridized carbons (Fsp3) is 0.333. The van der Waals surface area contributed by atoms with Crippen LogP contribution in [0.3, 0.4) is 0 Å². The van der Waals surface area contributed by atoms with Crippen molar-refractivity contribution < 1.29 is 38.4 Å². The number of benzene rings is 4. The number of aromatic nitrogens is 4. The normalized spacial score (nSPS) is 12.6. The zero-order valence-electron chi connectivity index (χ0n) is 36.9. The Morgan fingerprint density at radius 2 is 1.11 bits per heavy atom. The lowest BCUT2D eigenvalue weighted by Crippen LogP contribution is -2.38. The summed E-state index contributed by atoms with van der Waals surface area (Å²) in [4.78, 5) is 22.7. The van der Waals surface area contributed by atoms with Crippen LogP contribution in [0.2, 0.25) is 10.0 Å². The summed E-state index contributed by atoms with van der Waals surface area (Å²) in [7, 11) is 5.92. The van der Waals surface area contributed by atoms with Crippen LogP contribution in [0.1, 0.15) is 63.1 Å². The van der Waals surface area contributed by atoms with Crippen molar-refractivity contribution in [2.45, 2.75) is 76.8 Å². The summed E-state index contributed by atoms with van der Waals surface area (Å²) in [6.07, 6.45) is 0.864. The van der Waals surface area contributed by atoms with Crippen LogP contribution in [0.5, 0.6) is 11.5 Å². The van der Waals surface area contributed by atoms with Gasteiger partial charge < -0.3 is 28.8 Å². The number of hydrogen-bond donors (Lipinski definition) is 1. The summed E-state index contributed by atoms with van der Waals surface area (Å²) in [5.74, 6) is 0.599. The molecule has 4 aromatic carbocycles. The van der Waals surface area contributed by atoms with Gasteiger partial charge >= 0.3 is 11.9 Å². The minimum absolute atomic E-state index is 0.173. The number of carbonyl (C=O) groups is 2. The predicted molar refractivity (Wildman–Crippen MR) is 251 cm³/mol. The van der Waals surface area contributed by atoms with Crippen LogP contribution < -0.4 is 9.47 Å². The first-order valence-corrected chi connectivity index (χ1v) is 22.0. The molecule has 0 radical (unpaired) electrons. The van der Waals surface area contributed by atoms with Gasteiger partial charge in [-0.3, -0.25) is 9.36 Å². The topological polar surface area (TPSA) is 136 Å². The van der Waals surface area contributed by atoms with E-state index in [0.29, 0.717) is 42.0 Å². The molecule has 2 atom stereocenters. The number of hydrogen-bond acceptors (Lipinski definition) is 10. The van der Waals surface area contributed by atoms with Crippen LogP contribution in [-0.2, 0) is 48.8 Å². The van der Waals surface area contributed by atoms with E-state index in [2.05, 4.69) is 37.9 Å². The lowest BCUT2D eigenvalue weighted by atomic mass is 10.0. The SMILES string of the molecule is CCC(C)(O)C(=O)OC.CCC(C)(OCc1cc(-c2cccc(OC)c2)n(Cc2ccccc2Cl)n1)C(=O)OC.COc1cccc(-c2cc(CBr)nn2Cc2ccccc2Cl)c1. The molecule has 12 nitrogen and oxygen atoms in total. The van der Waals surface area contributed by atoms with Crippen molar-refractivity contribution in [1.82, 2.24) is 19.6 Å². The monoisotopic (exact) mass is 964 g/mol. The van der Waals surface area contributed by atoms with E-state index < -0.39 is 23.1 Å². The summed E-state index contributed by atoms with van der Waals surface area (Å²) in [5.41, 5.74) is 5.30. The van der Waals surface area contributed by atoms with Gasteiger partial charge in [0.05, 0.1) is 70.9 Å². The number of nitrogens with zero attached hydrogens (tertiary/aromatic N) is 4. The summed E-state index contributed by atoms with van der Waals surface area (Å²) < 4.78 is 29.7. The quantitative estimate of drug-likeness (QED) is 0.0737. The third-order valence-electron chi connectivity index (χ3n) is 10.2. The van der Waals surface area contributed by atoms with E-state index in [4.69, 9.17) is 52.4 Å². The zero-order valence-corrected chi connectivity index (χ0v) is 40.0. The zero-order chi connectivity index (χ0) is 46.2. The fourth-order valence-corrected chi connectivity index (χ4v) is 6.71. The molecule has 336 valence electrons. The second-order valence-electron chi connectivity index (χ2n) is 14.6. The van der Waals surface area contributed by atoms with E-state index in [1.807, 2.05) is 113 Å². The third kappa shape index (κ3) is 13.9. The van der Waals surface area contributed by atoms with Gasteiger partial charge in [0.15, 0.2) is 11.2 Å². The Hall–Kier alpha value is -5.18. The largest absolute Gasteiger partial charge is 0.497 e. The van der Waals surface area contributed by atoms with Crippen molar-refractivity contribution in [3.05, 3.63) is 142 Å². The highest BCUT2D eigenvalue weighted by molar-refractivity contribution is 9.08. The molecule has 0 saturated carbocycles. The van der Waals surface area contributed by atoms with E-state index in [1.165, 1.54) is 21.1 Å². The highest BCUT2D eigenvalue weighted by Gasteiger charge is 2.34. The smallest absolute Gasteiger partial charge is 0.337 e. The molecule has 0 bridgehead atoms. The molecular formula is C48H55BrCl2N4O8. The molecule has 2 aromatic heterocycles. The van der Waals surface area contributed by atoms with Gasteiger partial charge in [0.2, 0.25) is 0 Å². The highest BCUT2D eigenvalue weighted by Crippen LogP contribution is 2.30. The first-order chi connectivity index (χ1) is 30.1. The van der Waals surface area contributed by atoms with E-state index in [-0.39, 0.29) is 6.61 Å². The molecule has 0 amide bonds. The second kappa shape index (κ2) is 24.0. The number of alkyl halides is 1. The molecule has 0 saturated heterocycles. The van der Waals surface area contributed by atoms with Crippen molar-refractivity contribution in [3.8, 4) is 34.0 Å². The molecule has 0 spiro atoms. The number of rotatable bonds is 16. The maximum Gasteiger partial charge on any atom is 0.337 e. The molecule has 63 heavy (non-hydrogen) atoms. The Balaban J connectivity index is 0.000000238. The Kier molecular flexibility index (Phi) is 19.3. The second-order valence-corrected chi connectivity index (χ2v) is 16.0.